The minimum Gasteiger partial charge on any atom is -0.166 e. The molecule has 0 amide bonds. The van der Waals surface area contributed by atoms with Crippen molar-refractivity contribution in [3.63, 3.8) is 0 Å². The van der Waals surface area contributed by atoms with Crippen LogP contribution in [0, 0.1) is 0 Å². The van der Waals surface area contributed by atoms with Gasteiger partial charge in [0.1, 0.15) is 5.69 Å². The van der Waals surface area contributed by atoms with Crippen molar-refractivity contribution in [2.75, 3.05) is 0 Å². The molecule has 0 aliphatic rings. The van der Waals surface area contributed by atoms with E-state index in [-0.39, 0.29) is 5.02 Å². The molecular weight excluding hydrogens is 191 g/mol. The molecule has 1 rings (SSSR count). The third-order valence-electron chi connectivity index (χ3n) is 1.27. The number of alkyl halides is 3. The average Bonchev–Trinajstić information content (AvgIpc) is 1.92. The van der Waals surface area contributed by atoms with Crippen LogP contribution in [0.25, 0.3) is 0 Å². The Hall–Kier alpha value is -0.900. The largest absolute Gasteiger partial charge is 0.416 e. The van der Waals surface area contributed by atoms with Crippen molar-refractivity contribution in [2.45, 2.75) is 6.18 Å². The number of hydrogen-bond acceptors (Lipinski definition) is 0. The van der Waals surface area contributed by atoms with E-state index in [0.717, 1.165) is 12.1 Å². The summed E-state index contributed by atoms with van der Waals surface area (Å²) in [7, 11) is 0. The van der Waals surface area contributed by atoms with E-state index in [4.69, 9.17) is 17.3 Å². The molecule has 0 saturated carbocycles. The van der Waals surface area contributed by atoms with Crippen LogP contribution in [0.1, 0.15) is 5.56 Å². The van der Waals surface area contributed by atoms with Gasteiger partial charge in [-0.3, -0.25) is 0 Å². The molecule has 2 radical (unpaired) electrons. The summed E-state index contributed by atoms with van der Waals surface area (Å²) in [6.45, 7) is 0. The normalized spacial score (nSPS) is 11.7. The van der Waals surface area contributed by atoms with Crippen LogP contribution in [0.4, 0.5) is 18.9 Å². The fourth-order valence-corrected chi connectivity index (χ4v) is 0.807. The topological polar surface area (TPSA) is 22.3 Å². The number of rotatable bonds is 0. The van der Waals surface area contributed by atoms with Crippen molar-refractivity contribution in [2.24, 2.45) is 0 Å². The van der Waals surface area contributed by atoms with Gasteiger partial charge in [0.2, 0.25) is 0 Å². The van der Waals surface area contributed by atoms with Crippen molar-refractivity contribution in [1.82, 2.24) is 5.73 Å². The van der Waals surface area contributed by atoms with E-state index in [9.17, 15) is 13.2 Å². The van der Waals surface area contributed by atoms with Gasteiger partial charge in [0.15, 0.2) is 0 Å². The first-order chi connectivity index (χ1) is 5.41. The van der Waals surface area contributed by atoms with Crippen molar-refractivity contribution in [1.29, 1.82) is 0 Å². The molecule has 64 valence electrons. The predicted octanol–water partition coefficient (Wildman–Crippen LogP) is 3.06. The van der Waals surface area contributed by atoms with Crippen LogP contribution in [-0.4, -0.2) is 0 Å². The summed E-state index contributed by atoms with van der Waals surface area (Å²) in [4.78, 5) is 0. The highest BCUT2D eigenvalue weighted by Crippen LogP contribution is 2.32. The molecule has 0 aliphatic heterocycles. The molecule has 0 aliphatic carbocycles. The van der Waals surface area contributed by atoms with Gasteiger partial charge in [-0.05, 0) is 18.2 Å². The standard InChI is InChI=1S/C7H3ClF3N/c8-5-2-1-4(3-6(5)12)7(9,10)11/h1-3H. The molecule has 0 heterocycles. The first-order valence-corrected chi connectivity index (χ1v) is 3.35. The van der Waals surface area contributed by atoms with Crippen molar-refractivity contribution in [3.05, 3.63) is 28.8 Å². The van der Waals surface area contributed by atoms with Crippen molar-refractivity contribution < 1.29 is 13.2 Å². The summed E-state index contributed by atoms with van der Waals surface area (Å²) in [6, 6.07) is 2.39. The van der Waals surface area contributed by atoms with Gasteiger partial charge < -0.3 is 0 Å². The summed E-state index contributed by atoms with van der Waals surface area (Å²) in [5, 5.41) is -0.0944. The summed E-state index contributed by atoms with van der Waals surface area (Å²) >= 11 is 5.31. The molecule has 0 spiro atoms. The van der Waals surface area contributed by atoms with Crippen LogP contribution in [0.5, 0.6) is 0 Å². The van der Waals surface area contributed by atoms with Crippen LogP contribution < -0.4 is 5.73 Å². The van der Waals surface area contributed by atoms with Crippen molar-refractivity contribution >= 4 is 17.3 Å². The Bertz CT molecular complexity index is 295. The predicted molar refractivity (Wildman–Crippen MR) is 38.2 cm³/mol. The Morgan fingerprint density at radius 3 is 2.25 bits per heavy atom. The van der Waals surface area contributed by atoms with E-state index < -0.39 is 17.4 Å². The maximum Gasteiger partial charge on any atom is 0.416 e. The summed E-state index contributed by atoms with van der Waals surface area (Å²) in [5.41, 5.74) is 7.36. The van der Waals surface area contributed by atoms with Crippen LogP contribution in [0.3, 0.4) is 0 Å². The van der Waals surface area contributed by atoms with E-state index in [1.165, 1.54) is 0 Å². The lowest BCUT2D eigenvalue weighted by molar-refractivity contribution is -0.137. The molecule has 0 N–H and O–H groups in total. The smallest absolute Gasteiger partial charge is 0.166 e. The third-order valence-corrected chi connectivity index (χ3v) is 1.59. The molecular formula is C7H3ClF3N. The molecule has 5 heteroatoms. The van der Waals surface area contributed by atoms with Crippen LogP contribution in [0.2, 0.25) is 5.02 Å². The Balaban J connectivity index is 3.14. The van der Waals surface area contributed by atoms with E-state index in [1.807, 2.05) is 0 Å². The molecule has 0 saturated heterocycles. The van der Waals surface area contributed by atoms with E-state index in [2.05, 4.69) is 0 Å². The van der Waals surface area contributed by atoms with Gasteiger partial charge in [-0.15, -0.1) is 5.73 Å². The highest BCUT2D eigenvalue weighted by atomic mass is 35.5. The average molecular weight is 194 g/mol. The fourth-order valence-electron chi connectivity index (χ4n) is 0.689. The lowest BCUT2D eigenvalue weighted by Crippen LogP contribution is -2.04. The van der Waals surface area contributed by atoms with Crippen LogP contribution in [-0.2, 0) is 6.18 Å². The van der Waals surface area contributed by atoms with Crippen LogP contribution >= 0.6 is 11.6 Å². The number of nitrogens with zero attached hydrogens (tertiary/aromatic N) is 1. The summed E-state index contributed by atoms with van der Waals surface area (Å²) in [5.74, 6) is 0. The molecule has 0 atom stereocenters. The fraction of sp³-hybridized carbons (Fsp3) is 0.143. The zero-order chi connectivity index (χ0) is 9.35. The minimum absolute atomic E-state index is 0.0944. The second-order valence-electron chi connectivity index (χ2n) is 2.16. The highest BCUT2D eigenvalue weighted by Gasteiger charge is 2.30. The zero-order valence-corrected chi connectivity index (χ0v) is 6.45. The van der Waals surface area contributed by atoms with Gasteiger partial charge in [0.25, 0.3) is 0 Å². The maximum absolute atomic E-state index is 11.9. The van der Waals surface area contributed by atoms with Gasteiger partial charge in [-0.2, -0.15) is 13.2 Å². The Morgan fingerprint density at radius 1 is 1.25 bits per heavy atom. The molecule has 0 bridgehead atoms. The SMILES string of the molecule is [N]c1cc(C(F)(F)F)ccc1Cl. The molecule has 0 aromatic heterocycles. The van der Waals surface area contributed by atoms with Gasteiger partial charge in [0.05, 0.1) is 10.6 Å². The third kappa shape index (κ3) is 1.82. The van der Waals surface area contributed by atoms with E-state index >= 15 is 0 Å². The monoisotopic (exact) mass is 193 g/mol. The second kappa shape index (κ2) is 2.86. The number of halogens is 4. The molecule has 0 fully saturated rings. The van der Waals surface area contributed by atoms with Crippen LogP contribution in [0.15, 0.2) is 18.2 Å². The molecule has 1 aromatic carbocycles. The Morgan fingerprint density at radius 2 is 1.83 bits per heavy atom. The summed E-state index contributed by atoms with van der Waals surface area (Å²) in [6.07, 6.45) is -4.44. The maximum atomic E-state index is 11.9. The van der Waals surface area contributed by atoms with Crippen molar-refractivity contribution in [3.8, 4) is 0 Å². The summed E-state index contributed by atoms with van der Waals surface area (Å²) < 4.78 is 35.8. The quantitative estimate of drug-likeness (QED) is 0.604. The van der Waals surface area contributed by atoms with E-state index in [1.54, 1.807) is 0 Å². The molecule has 12 heavy (non-hydrogen) atoms. The molecule has 1 nitrogen and oxygen atoms in total. The van der Waals surface area contributed by atoms with Gasteiger partial charge in [-0.1, -0.05) is 11.6 Å². The molecule has 0 unspecified atom stereocenters. The van der Waals surface area contributed by atoms with Gasteiger partial charge in [0, 0.05) is 0 Å². The Kier molecular flexibility index (Phi) is 2.19. The van der Waals surface area contributed by atoms with Gasteiger partial charge >= 0.3 is 6.18 Å². The zero-order valence-electron chi connectivity index (χ0n) is 5.69. The highest BCUT2D eigenvalue weighted by molar-refractivity contribution is 6.32. The number of benzene rings is 1. The Labute approximate surface area is 71.9 Å². The van der Waals surface area contributed by atoms with E-state index in [0.29, 0.717) is 6.07 Å². The lowest BCUT2D eigenvalue weighted by Gasteiger charge is -2.06. The molecule has 1 aromatic rings. The first kappa shape index (κ1) is 9.19. The minimum atomic E-state index is -4.44. The second-order valence-corrected chi connectivity index (χ2v) is 2.57. The first-order valence-electron chi connectivity index (χ1n) is 2.97. The lowest BCUT2D eigenvalue weighted by atomic mass is 10.2. The van der Waals surface area contributed by atoms with Gasteiger partial charge in [-0.25, -0.2) is 0 Å². The number of hydrogen-bond donors (Lipinski definition) is 0.